The number of hydrogen-bond donors (Lipinski definition) is 0. The first-order valence-electron chi connectivity index (χ1n) is 7.99. The second kappa shape index (κ2) is 6.37. The maximum atomic E-state index is 12.6. The van der Waals surface area contributed by atoms with Crippen LogP contribution in [0.3, 0.4) is 0 Å². The van der Waals surface area contributed by atoms with Gasteiger partial charge in [0.15, 0.2) is 11.2 Å². The predicted molar refractivity (Wildman–Crippen MR) is 91.1 cm³/mol. The van der Waals surface area contributed by atoms with Crippen molar-refractivity contribution < 1.29 is 4.74 Å². The molecular formula is C16H23N5O3. The van der Waals surface area contributed by atoms with Crippen LogP contribution in [0.1, 0.15) is 12.7 Å². The molecule has 1 aliphatic heterocycles. The molecule has 0 atom stereocenters. The van der Waals surface area contributed by atoms with Gasteiger partial charge in [0.2, 0.25) is 0 Å². The number of rotatable bonds is 4. The Morgan fingerprint density at radius 1 is 1.21 bits per heavy atom. The summed E-state index contributed by atoms with van der Waals surface area (Å²) in [5.41, 5.74) is 1.10. The van der Waals surface area contributed by atoms with Crippen LogP contribution in [0, 0.1) is 0 Å². The van der Waals surface area contributed by atoms with E-state index in [0.717, 1.165) is 29.1 Å². The average Bonchev–Trinajstić information content (AvgIpc) is 2.90. The van der Waals surface area contributed by atoms with Gasteiger partial charge in [-0.1, -0.05) is 12.2 Å². The van der Waals surface area contributed by atoms with Crippen LogP contribution in [0.15, 0.2) is 21.7 Å². The Kier molecular flexibility index (Phi) is 4.42. The highest BCUT2D eigenvalue weighted by atomic mass is 16.5. The molecule has 0 N–H and O–H groups in total. The number of nitrogens with zero attached hydrogens (tertiary/aromatic N) is 5. The summed E-state index contributed by atoms with van der Waals surface area (Å²) in [7, 11) is 3.13. The molecule has 1 saturated heterocycles. The zero-order valence-corrected chi connectivity index (χ0v) is 14.4. The standard InChI is InChI=1S/C16H23N5O3/c1-11(2)9-21-12(10-20-5-7-24-8-6-20)17-14-13(21)15(22)19(4)16(23)18(14)3/h1,5-10H2,2-4H3. The Bertz CT molecular complexity index is 899. The molecule has 0 bridgehead atoms. The second-order valence-corrected chi connectivity index (χ2v) is 6.34. The molecule has 3 heterocycles. The maximum Gasteiger partial charge on any atom is 0.332 e. The molecule has 8 nitrogen and oxygen atoms in total. The molecule has 0 unspecified atom stereocenters. The van der Waals surface area contributed by atoms with Crippen LogP contribution in [0.4, 0.5) is 0 Å². The van der Waals surface area contributed by atoms with Gasteiger partial charge in [-0.15, -0.1) is 0 Å². The third-order valence-electron chi connectivity index (χ3n) is 4.32. The van der Waals surface area contributed by atoms with Crippen LogP contribution in [-0.4, -0.2) is 49.9 Å². The molecule has 1 aliphatic rings. The van der Waals surface area contributed by atoms with Gasteiger partial charge >= 0.3 is 5.69 Å². The fourth-order valence-corrected chi connectivity index (χ4v) is 3.01. The molecule has 0 aromatic carbocycles. The molecule has 24 heavy (non-hydrogen) atoms. The fourth-order valence-electron chi connectivity index (χ4n) is 3.01. The molecule has 0 saturated carbocycles. The summed E-state index contributed by atoms with van der Waals surface area (Å²) in [4.78, 5) is 31.7. The van der Waals surface area contributed by atoms with Crippen LogP contribution in [-0.2, 0) is 31.9 Å². The van der Waals surface area contributed by atoms with Crippen molar-refractivity contribution in [2.24, 2.45) is 14.1 Å². The molecule has 2 aromatic rings. The number of hydrogen-bond acceptors (Lipinski definition) is 5. The maximum absolute atomic E-state index is 12.6. The van der Waals surface area contributed by atoms with E-state index in [4.69, 9.17) is 4.74 Å². The summed E-state index contributed by atoms with van der Waals surface area (Å²) >= 11 is 0. The molecule has 0 spiro atoms. The number of aryl methyl sites for hydroxylation is 1. The van der Waals surface area contributed by atoms with Crippen molar-refractivity contribution in [1.82, 2.24) is 23.6 Å². The Balaban J connectivity index is 2.18. The van der Waals surface area contributed by atoms with Crippen molar-refractivity contribution in [3.8, 4) is 0 Å². The van der Waals surface area contributed by atoms with Crippen LogP contribution >= 0.6 is 0 Å². The summed E-state index contributed by atoms with van der Waals surface area (Å²) in [6.07, 6.45) is 0. The summed E-state index contributed by atoms with van der Waals surface area (Å²) in [5, 5.41) is 0. The minimum atomic E-state index is -0.370. The lowest BCUT2D eigenvalue weighted by molar-refractivity contribution is 0.0327. The van der Waals surface area contributed by atoms with Crippen molar-refractivity contribution in [2.75, 3.05) is 26.3 Å². The van der Waals surface area contributed by atoms with Crippen LogP contribution in [0.5, 0.6) is 0 Å². The quantitative estimate of drug-likeness (QED) is 0.727. The third kappa shape index (κ3) is 2.83. The number of aromatic nitrogens is 4. The number of ether oxygens (including phenoxy) is 1. The van der Waals surface area contributed by atoms with E-state index < -0.39 is 0 Å². The lowest BCUT2D eigenvalue weighted by Crippen LogP contribution is -2.38. The van der Waals surface area contributed by atoms with Crippen LogP contribution < -0.4 is 11.2 Å². The van der Waals surface area contributed by atoms with Gasteiger partial charge in [0.1, 0.15) is 5.82 Å². The smallest absolute Gasteiger partial charge is 0.332 e. The second-order valence-electron chi connectivity index (χ2n) is 6.34. The Hall–Kier alpha value is -2.19. The van der Waals surface area contributed by atoms with E-state index in [1.54, 1.807) is 7.05 Å². The van der Waals surface area contributed by atoms with Gasteiger partial charge in [-0.2, -0.15) is 0 Å². The number of fused-ring (bicyclic) bond motifs is 1. The minimum Gasteiger partial charge on any atom is -0.379 e. The molecule has 0 aliphatic carbocycles. The lowest BCUT2D eigenvalue weighted by atomic mass is 10.3. The van der Waals surface area contributed by atoms with Gasteiger partial charge in [-0.3, -0.25) is 18.8 Å². The molecule has 8 heteroatoms. The van der Waals surface area contributed by atoms with E-state index in [1.165, 1.54) is 11.6 Å². The van der Waals surface area contributed by atoms with Crippen molar-refractivity contribution in [3.63, 3.8) is 0 Å². The molecule has 0 amide bonds. The summed E-state index contributed by atoms with van der Waals surface area (Å²) in [5.74, 6) is 0.771. The van der Waals surface area contributed by atoms with Crippen molar-refractivity contribution in [2.45, 2.75) is 20.0 Å². The number of allylic oxidation sites excluding steroid dienone is 1. The van der Waals surface area contributed by atoms with Gasteiger partial charge in [0.25, 0.3) is 5.56 Å². The highest BCUT2D eigenvalue weighted by Gasteiger charge is 2.21. The third-order valence-corrected chi connectivity index (χ3v) is 4.32. The van der Waals surface area contributed by atoms with Gasteiger partial charge < -0.3 is 9.30 Å². The van der Waals surface area contributed by atoms with Crippen LogP contribution in [0.2, 0.25) is 0 Å². The highest BCUT2D eigenvalue weighted by Crippen LogP contribution is 2.15. The van der Waals surface area contributed by atoms with E-state index in [1.807, 2.05) is 11.5 Å². The number of morpholine rings is 1. The Morgan fingerprint density at radius 2 is 1.88 bits per heavy atom. The average molecular weight is 333 g/mol. The van der Waals surface area contributed by atoms with Crippen molar-refractivity contribution in [3.05, 3.63) is 38.8 Å². The fraction of sp³-hybridized carbons (Fsp3) is 0.562. The molecule has 2 aromatic heterocycles. The van der Waals surface area contributed by atoms with Gasteiger partial charge in [0, 0.05) is 33.7 Å². The molecule has 1 fully saturated rings. The normalized spacial score (nSPS) is 16.0. The first-order chi connectivity index (χ1) is 11.4. The van der Waals surface area contributed by atoms with Crippen LogP contribution in [0.25, 0.3) is 11.2 Å². The summed E-state index contributed by atoms with van der Waals surface area (Å²) in [6.45, 7) is 10.0. The highest BCUT2D eigenvalue weighted by molar-refractivity contribution is 5.71. The number of imidazole rings is 1. The zero-order valence-electron chi connectivity index (χ0n) is 14.4. The van der Waals surface area contributed by atoms with Gasteiger partial charge in [-0.05, 0) is 6.92 Å². The largest absolute Gasteiger partial charge is 0.379 e. The zero-order chi connectivity index (χ0) is 17.4. The van der Waals surface area contributed by atoms with E-state index in [9.17, 15) is 9.59 Å². The van der Waals surface area contributed by atoms with Crippen molar-refractivity contribution in [1.29, 1.82) is 0 Å². The Labute approximate surface area is 139 Å². The minimum absolute atomic E-state index is 0.324. The molecule has 3 rings (SSSR count). The topological polar surface area (TPSA) is 74.3 Å². The van der Waals surface area contributed by atoms with Gasteiger partial charge in [0.05, 0.1) is 19.8 Å². The monoisotopic (exact) mass is 333 g/mol. The van der Waals surface area contributed by atoms with E-state index >= 15 is 0 Å². The lowest BCUT2D eigenvalue weighted by Gasteiger charge is -2.26. The van der Waals surface area contributed by atoms with E-state index in [0.29, 0.717) is 37.5 Å². The molecular weight excluding hydrogens is 310 g/mol. The molecule has 130 valence electrons. The van der Waals surface area contributed by atoms with Gasteiger partial charge in [-0.25, -0.2) is 9.78 Å². The predicted octanol–water partition coefficient (Wildman–Crippen LogP) is -0.158. The SMILES string of the molecule is C=C(C)Cn1c(CN2CCOCC2)nc2c1c(=O)n(C)c(=O)n2C. The first-order valence-corrected chi connectivity index (χ1v) is 7.99. The van der Waals surface area contributed by atoms with Crippen molar-refractivity contribution >= 4 is 11.2 Å². The molecule has 0 radical (unpaired) electrons. The summed E-state index contributed by atoms with van der Waals surface area (Å²) < 4.78 is 9.81. The van der Waals surface area contributed by atoms with E-state index in [-0.39, 0.29) is 11.2 Å². The van der Waals surface area contributed by atoms with E-state index in [2.05, 4.69) is 16.5 Å². The Morgan fingerprint density at radius 3 is 2.50 bits per heavy atom. The first kappa shape index (κ1) is 16.7. The summed E-state index contributed by atoms with van der Waals surface area (Å²) in [6, 6.07) is 0.